The van der Waals surface area contributed by atoms with Crippen LogP contribution in [0.5, 0.6) is 0 Å². The summed E-state index contributed by atoms with van der Waals surface area (Å²) in [6.45, 7) is 3.73. The largest absolute Gasteiger partial charge is 0.315 e. The van der Waals surface area contributed by atoms with Gasteiger partial charge in [0.2, 0.25) is 0 Å². The third-order valence-electron chi connectivity index (χ3n) is 3.73. The highest BCUT2D eigenvalue weighted by Gasteiger charge is 2.28. The van der Waals surface area contributed by atoms with Crippen molar-refractivity contribution < 1.29 is 0 Å². The van der Waals surface area contributed by atoms with Crippen LogP contribution in [0.2, 0.25) is 0 Å². The van der Waals surface area contributed by atoms with E-state index in [4.69, 9.17) is 0 Å². The fraction of sp³-hybridized carbons (Fsp3) is 1.00. The Hall–Kier alpha value is -0.0800. The summed E-state index contributed by atoms with van der Waals surface area (Å²) in [5.41, 5.74) is 0. The minimum Gasteiger partial charge on any atom is -0.315 e. The Morgan fingerprint density at radius 1 is 1.15 bits per heavy atom. The van der Waals surface area contributed by atoms with Gasteiger partial charge in [-0.25, -0.2) is 0 Å². The Morgan fingerprint density at radius 3 is 2.69 bits per heavy atom. The molecule has 1 heterocycles. The Balaban J connectivity index is 1.93. The first-order chi connectivity index (χ1) is 6.38. The second kappa shape index (κ2) is 4.43. The van der Waals surface area contributed by atoms with Crippen molar-refractivity contribution in [2.75, 3.05) is 26.7 Å². The minimum absolute atomic E-state index is 0.824. The van der Waals surface area contributed by atoms with Crippen LogP contribution < -0.4 is 5.32 Å². The predicted molar refractivity (Wildman–Crippen MR) is 55.9 cm³/mol. The van der Waals surface area contributed by atoms with Gasteiger partial charge in [0.05, 0.1) is 0 Å². The number of rotatable bonds is 1. The monoisotopic (exact) mass is 182 g/mol. The summed E-state index contributed by atoms with van der Waals surface area (Å²) in [4.78, 5) is 2.58. The molecule has 1 aliphatic heterocycles. The van der Waals surface area contributed by atoms with Crippen LogP contribution >= 0.6 is 0 Å². The highest BCUT2D eigenvalue weighted by atomic mass is 15.2. The molecule has 1 unspecified atom stereocenters. The zero-order chi connectivity index (χ0) is 9.10. The molecule has 2 heteroatoms. The van der Waals surface area contributed by atoms with Crippen LogP contribution in [-0.2, 0) is 0 Å². The van der Waals surface area contributed by atoms with Crippen LogP contribution in [0, 0.1) is 5.92 Å². The number of likely N-dealkylation sites (N-methyl/N-ethyl adjacent to an activating group) is 1. The van der Waals surface area contributed by atoms with Crippen LogP contribution in [0.25, 0.3) is 0 Å². The van der Waals surface area contributed by atoms with Gasteiger partial charge in [-0.15, -0.1) is 0 Å². The van der Waals surface area contributed by atoms with E-state index in [0.717, 1.165) is 12.0 Å². The van der Waals surface area contributed by atoms with E-state index in [9.17, 15) is 0 Å². The second-order valence-electron chi connectivity index (χ2n) is 4.65. The average molecular weight is 182 g/mol. The lowest BCUT2D eigenvalue weighted by Gasteiger charge is -2.30. The molecule has 0 aromatic carbocycles. The first kappa shape index (κ1) is 9.47. The number of hydrogen-bond acceptors (Lipinski definition) is 2. The molecule has 76 valence electrons. The normalized spacial score (nSPS) is 33.5. The van der Waals surface area contributed by atoms with Gasteiger partial charge in [0.25, 0.3) is 0 Å². The summed E-state index contributed by atoms with van der Waals surface area (Å²) in [6, 6.07) is 0.824. The van der Waals surface area contributed by atoms with E-state index < -0.39 is 0 Å². The highest BCUT2D eigenvalue weighted by molar-refractivity contribution is 4.84. The van der Waals surface area contributed by atoms with Crippen LogP contribution in [0.15, 0.2) is 0 Å². The van der Waals surface area contributed by atoms with Crippen LogP contribution in [0.4, 0.5) is 0 Å². The van der Waals surface area contributed by atoms with E-state index in [-0.39, 0.29) is 0 Å². The first-order valence-corrected chi connectivity index (χ1v) is 5.79. The van der Waals surface area contributed by atoms with Crippen LogP contribution in [0.1, 0.15) is 32.1 Å². The molecular formula is C11H22N2. The van der Waals surface area contributed by atoms with Gasteiger partial charge in [-0.3, -0.25) is 0 Å². The molecule has 13 heavy (non-hydrogen) atoms. The molecule has 2 aliphatic rings. The molecule has 1 atom stereocenters. The SMILES string of the molecule is CN1CCCNCC1C1CCCC1. The Morgan fingerprint density at radius 2 is 1.92 bits per heavy atom. The van der Waals surface area contributed by atoms with Crippen molar-refractivity contribution >= 4 is 0 Å². The first-order valence-electron chi connectivity index (χ1n) is 5.79. The predicted octanol–water partition coefficient (Wildman–Crippen LogP) is 1.47. The Kier molecular flexibility index (Phi) is 3.23. The van der Waals surface area contributed by atoms with Gasteiger partial charge in [-0.1, -0.05) is 12.8 Å². The van der Waals surface area contributed by atoms with Gasteiger partial charge < -0.3 is 10.2 Å². The Bertz CT molecular complexity index is 152. The van der Waals surface area contributed by atoms with Crippen LogP contribution in [0.3, 0.4) is 0 Å². The smallest absolute Gasteiger partial charge is 0.0245 e. The molecule has 1 N–H and O–H groups in total. The molecule has 0 radical (unpaired) electrons. The Labute approximate surface area is 81.7 Å². The maximum absolute atomic E-state index is 3.56. The number of nitrogens with zero attached hydrogens (tertiary/aromatic N) is 1. The molecule has 2 rings (SSSR count). The lowest BCUT2D eigenvalue weighted by Crippen LogP contribution is -2.41. The topological polar surface area (TPSA) is 15.3 Å². The van der Waals surface area contributed by atoms with Crippen molar-refractivity contribution in [2.24, 2.45) is 5.92 Å². The molecule has 0 spiro atoms. The van der Waals surface area contributed by atoms with E-state index in [1.165, 1.54) is 51.7 Å². The molecule has 0 bridgehead atoms. The summed E-state index contributed by atoms with van der Waals surface area (Å²) >= 11 is 0. The van der Waals surface area contributed by atoms with Gasteiger partial charge in [0.1, 0.15) is 0 Å². The van der Waals surface area contributed by atoms with E-state index in [1.807, 2.05) is 0 Å². The molecular weight excluding hydrogens is 160 g/mol. The van der Waals surface area contributed by atoms with Gasteiger partial charge in [-0.05, 0) is 45.3 Å². The standard InChI is InChI=1S/C11H22N2/c1-13-8-4-7-12-9-11(13)10-5-2-3-6-10/h10-12H,2-9H2,1H3. The molecule has 2 fully saturated rings. The third kappa shape index (κ3) is 2.23. The summed E-state index contributed by atoms with van der Waals surface area (Å²) in [7, 11) is 2.30. The summed E-state index contributed by atoms with van der Waals surface area (Å²) < 4.78 is 0. The number of nitrogens with one attached hydrogen (secondary N) is 1. The third-order valence-corrected chi connectivity index (χ3v) is 3.73. The lowest BCUT2D eigenvalue weighted by molar-refractivity contribution is 0.188. The molecule has 0 aromatic rings. The molecule has 1 saturated heterocycles. The molecule has 2 nitrogen and oxygen atoms in total. The van der Waals surface area contributed by atoms with Gasteiger partial charge >= 0.3 is 0 Å². The van der Waals surface area contributed by atoms with Gasteiger partial charge in [-0.2, -0.15) is 0 Å². The maximum atomic E-state index is 3.56. The minimum atomic E-state index is 0.824. The van der Waals surface area contributed by atoms with Crippen molar-refractivity contribution in [3.8, 4) is 0 Å². The van der Waals surface area contributed by atoms with Crippen molar-refractivity contribution in [1.82, 2.24) is 10.2 Å². The average Bonchev–Trinajstić information content (AvgIpc) is 2.56. The van der Waals surface area contributed by atoms with Crippen molar-refractivity contribution in [3.05, 3.63) is 0 Å². The number of hydrogen-bond donors (Lipinski definition) is 1. The zero-order valence-electron chi connectivity index (χ0n) is 8.76. The second-order valence-corrected chi connectivity index (χ2v) is 4.65. The molecule has 0 amide bonds. The quantitative estimate of drug-likeness (QED) is 0.660. The van der Waals surface area contributed by atoms with Gasteiger partial charge in [0.15, 0.2) is 0 Å². The summed E-state index contributed by atoms with van der Waals surface area (Å²) in [5.74, 6) is 0.982. The van der Waals surface area contributed by atoms with E-state index in [0.29, 0.717) is 0 Å². The molecule has 0 aromatic heterocycles. The van der Waals surface area contributed by atoms with E-state index in [1.54, 1.807) is 0 Å². The summed E-state index contributed by atoms with van der Waals surface area (Å²) in [5, 5.41) is 3.56. The maximum Gasteiger partial charge on any atom is 0.0245 e. The van der Waals surface area contributed by atoms with E-state index in [2.05, 4.69) is 17.3 Å². The van der Waals surface area contributed by atoms with Crippen LogP contribution in [-0.4, -0.2) is 37.6 Å². The summed E-state index contributed by atoms with van der Waals surface area (Å²) in [6.07, 6.45) is 7.19. The van der Waals surface area contributed by atoms with Crippen molar-refractivity contribution in [2.45, 2.75) is 38.1 Å². The van der Waals surface area contributed by atoms with Gasteiger partial charge in [0, 0.05) is 12.6 Å². The van der Waals surface area contributed by atoms with Crippen molar-refractivity contribution in [3.63, 3.8) is 0 Å². The molecule has 1 saturated carbocycles. The highest BCUT2D eigenvalue weighted by Crippen LogP contribution is 2.30. The van der Waals surface area contributed by atoms with E-state index >= 15 is 0 Å². The zero-order valence-corrected chi connectivity index (χ0v) is 8.76. The fourth-order valence-corrected chi connectivity index (χ4v) is 2.89. The molecule has 1 aliphatic carbocycles. The lowest BCUT2D eigenvalue weighted by atomic mass is 9.97. The van der Waals surface area contributed by atoms with Crippen molar-refractivity contribution in [1.29, 1.82) is 0 Å². The fourth-order valence-electron chi connectivity index (χ4n) is 2.89.